The van der Waals surface area contributed by atoms with Crippen molar-refractivity contribution in [2.24, 2.45) is 5.92 Å². The minimum absolute atomic E-state index is 0.137. The van der Waals surface area contributed by atoms with E-state index >= 15 is 0 Å². The average molecular weight is 430 g/mol. The van der Waals surface area contributed by atoms with Crippen molar-refractivity contribution < 1.29 is 13.2 Å². The highest BCUT2D eigenvalue weighted by atomic mass is 32.2. The molecule has 0 atom stereocenters. The van der Waals surface area contributed by atoms with E-state index in [2.05, 4.69) is 17.1 Å². The molecule has 1 saturated heterocycles. The third-order valence-electron chi connectivity index (χ3n) is 5.71. The lowest BCUT2D eigenvalue weighted by Crippen LogP contribution is -2.35. The van der Waals surface area contributed by atoms with Gasteiger partial charge in [0.25, 0.3) is 15.9 Å². The first-order valence-corrected chi connectivity index (χ1v) is 12.0. The molecule has 3 rings (SSSR count). The molecule has 1 aliphatic rings. The van der Waals surface area contributed by atoms with Crippen LogP contribution in [0.2, 0.25) is 0 Å². The summed E-state index contributed by atoms with van der Waals surface area (Å²) in [7, 11) is -2.12. The second kappa shape index (κ2) is 10.1. The maximum Gasteiger partial charge on any atom is 0.264 e. The highest BCUT2D eigenvalue weighted by molar-refractivity contribution is 7.92. The van der Waals surface area contributed by atoms with E-state index in [0.29, 0.717) is 17.8 Å². The van der Waals surface area contributed by atoms with Gasteiger partial charge in [0.2, 0.25) is 0 Å². The molecule has 0 saturated carbocycles. The molecule has 2 aromatic carbocycles. The topological polar surface area (TPSA) is 69.7 Å². The average Bonchev–Trinajstić information content (AvgIpc) is 2.78. The quantitative estimate of drug-likeness (QED) is 0.653. The molecule has 0 aliphatic carbocycles. The molecule has 0 aromatic heterocycles. The Kier molecular flexibility index (Phi) is 7.50. The normalized spacial score (nSPS) is 15.7. The van der Waals surface area contributed by atoms with Crippen molar-refractivity contribution in [1.82, 2.24) is 10.2 Å². The van der Waals surface area contributed by atoms with Crippen LogP contribution in [0.25, 0.3) is 0 Å². The Bertz CT molecular complexity index is 922. The van der Waals surface area contributed by atoms with Gasteiger partial charge in [-0.25, -0.2) is 8.42 Å². The smallest absolute Gasteiger partial charge is 0.264 e. The summed E-state index contributed by atoms with van der Waals surface area (Å²) in [6.45, 7) is 6.24. The molecule has 1 N–H and O–H groups in total. The molecule has 0 radical (unpaired) electrons. The zero-order valence-corrected chi connectivity index (χ0v) is 18.6. The predicted molar refractivity (Wildman–Crippen MR) is 120 cm³/mol. The van der Waals surface area contributed by atoms with Crippen LogP contribution in [-0.2, 0) is 10.0 Å². The number of nitrogens with zero attached hydrogens (tertiary/aromatic N) is 2. The number of piperidine rings is 1. The first-order chi connectivity index (χ1) is 14.4. The number of hydrogen-bond donors (Lipinski definition) is 1. The van der Waals surface area contributed by atoms with Gasteiger partial charge in [-0.3, -0.25) is 9.10 Å². The van der Waals surface area contributed by atoms with Gasteiger partial charge in [0.1, 0.15) is 0 Å². The van der Waals surface area contributed by atoms with Crippen molar-refractivity contribution in [1.29, 1.82) is 0 Å². The third kappa shape index (κ3) is 5.61. The SMILES string of the molecule is CC1CCN(CCCNC(=O)c2ccc(N(C)S(=O)(=O)c3ccccc3)cc2)CC1. The molecule has 1 heterocycles. The molecule has 6 nitrogen and oxygen atoms in total. The molecule has 1 amide bonds. The Morgan fingerprint density at radius 3 is 2.33 bits per heavy atom. The number of benzene rings is 2. The lowest BCUT2D eigenvalue weighted by Gasteiger charge is -2.30. The van der Waals surface area contributed by atoms with Gasteiger partial charge >= 0.3 is 0 Å². The van der Waals surface area contributed by atoms with Crippen molar-refractivity contribution >= 4 is 21.6 Å². The highest BCUT2D eigenvalue weighted by Gasteiger charge is 2.21. The molecular weight excluding hydrogens is 398 g/mol. The zero-order chi connectivity index (χ0) is 21.6. The highest BCUT2D eigenvalue weighted by Crippen LogP contribution is 2.22. The first-order valence-electron chi connectivity index (χ1n) is 10.5. The van der Waals surface area contributed by atoms with Gasteiger partial charge in [-0.05, 0) is 81.2 Å². The van der Waals surface area contributed by atoms with Gasteiger partial charge in [-0.15, -0.1) is 0 Å². The second-order valence-electron chi connectivity index (χ2n) is 7.97. The summed E-state index contributed by atoms with van der Waals surface area (Å²) >= 11 is 0. The van der Waals surface area contributed by atoms with E-state index in [1.165, 1.54) is 24.2 Å². The number of carbonyl (C=O) groups is 1. The van der Waals surface area contributed by atoms with E-state index < -0.39 is 10.0 Å². The minimum atomic E-state index is -3.63. The van der Waals surface area contributed by atoms with Gasteiger partial charge in [0, 0.05) is 19.2 Å². The van der Waals surface area contributed by atoms with Crippen LogP contribution in [-0.4, -0.2) is 52.5 Å². The second-order valence-corrected chi connectivity index (χ2v) is 9.94. The summed E-state index contributed by atoms with van der Waals surface area (Å²) in [5.74, 6) is 0.688. The fraction of sp³-hybridized carbons (Fsp3) is 0.435. The molecule has 1 fully saturated rings. The van der Waals surface area contributed by atoms with Crippen molar-refractivity contribution in [3.8, 4) is 0 Å². The van der Waals surface area contributed by atoms with Crippen LogP contribution in [0.5, 0.6) is 0 Å². The van der Waals surface area contributed by atoms with Gasteiger partial charge < -0.3 is 10.2 Å². The number of hydrogen-bond acceptors (Lipinski definition) is 4. The fourth-order valence-corrected chi connectivity index (χ4v) is 4.82. The Balaban J connectivity index is 1.50. The number of amides is 1. The zero-order valence-electron chi connectivity index (χ0n) is 17.8. The van der Waals surface area contributed by atoms with Crippen molar-refractivity contribution in [3.63, 3.8) is 0 Å². The monoisotopic (exact) mass is 429 g/mol. The largest absolute Gasteiger partial charge is 0.352 e. The van der Waals surface area contributed by atoms with Crippen LogP contribution in [0, 0.1) is 5.92 Å². The third-order valence-corrected chi connectivity index (χ3v) is 7.51. The maximum atomic E-state index is 12.7. The van der Waals surface area contributed by atoms with Crippen LogP contribution in [0.15, 0.2) is 59.5 Å². The van der Waals surface area contributed by atoms with E-state index in [4.69, 9.17) is 0 Å². The standard InChI is InChI=1S/C23H31N3O3S/c1-19-13-17-26(18-14-19)16-6-15-24-23(27)20-9-11-21(12-10-20)25(2)30(28,29)22-7-4-3-5-8-22/h3-5,7-12,19H,6,13-18H2,1-2H3,(H,24,27). The van der Waals surface area contributed by atoms with E-state index in [1.807, 2.05) is 0 Å². The van der Waals surface area contributed by atoms with Gasteiger partial charge in [-0.2, -0.15) is 0 Å². The number of nitrogens with one attached hydrogen (secondary N) is 1. The number of rotatable bonds is 8. The number of likely N-dealkylation sites (tertiary alicyclic amines) is 1. The summed E-state index contributed by atoms with van der Waals surface area (Å²) in [6, 6.07) is 14.9. The van der Waals surface area contributed by atoms with E-state index in [9.17, 15) is 13.2 Å². The number of sulfonamides is 1. The molecule has 7 heteroatoms. The molecule has 0 unspecified atom stereocenters. The Hall–Kier alpha value is -2.38. The summed E-state index contributed by atoms with van der Waals surface area (Å²) in [5.41, 5.74) is 1.03. The lowest BCUT2D eigenvalue weighted by atomic mass is 9.99. The number of anilines is 1. The molecule has 1 aliphatic heterocycles. The van der Waals surface area contributed by atoms with Crippen LogP contribution >= 0.6 is 0 Å². The molecule has 162 valence electrons. The molecular formula is C23H31N3O3S. The summed E-state index contributed by atoms with van der Waals surface area (Å²) in [5, 5.41) is 2.95. The van der Waals surface area contributed by atoms with Gasteiger partial charge in [0.05, 0.1) is 10.6 Å². The first kappa shape index (κ1) is 22.3. The predicted octanol–water partition coefficient (Wildman–Crippen LogP) is 3.36. The Morgan fingerprint density at radius 1 is 1.07 bits per heavy atom. The maximum absolute atomic E-state index is 12.7. The van der Waals surface area contributed by atoms with Crippen molar-refractivity contribution in [2.75, 3.05) is 37.5 Å². The van der Waals surface area contributed by atoms with Gasteiger partial charge in [-0.1, -0.05) is 25.1 Å². The molecule has 2 aromatic rings. The van der Waals surface area contributed by atoms with E-state index in [1.54, 1.807) is 54.6 Å². The van der Waals surface area contributed by atoms with Crippen molar-refractivity contribution in [2.45, 2.75) is 31.1 Å². The van der Waals surface area contributed by atoms with E-state index in [-0.39, 0.29) is 10.8 Å². The fourth-order valence-electron chi connectivity index (χ4n) is 3.60. The number of carbonyl (C=O) groups excluding carboxylic acids is 1. The van der Waals surface area contributed by atoms with Gasteiger partial charge in [0.15, 0.2) is 0 Å². The molecule has 30 heavy (non-hydrogen) atoms. The van der Waals surface area contributed by atoms with Crippen LogP contribution in [0.4, 0.5) is 5.69 Å². The van der Waals surface area contributed by atoms with Crippen LogP contribution in [0.1, 0.15) is 36.5 Å². The Morgan fingerprint density at radius 2 is 1.70 bits per heavy atom. The molecule has 0 spiro atoms. The van der Waals surface area contributed by atoms with Crippen LogP contribution in [0.3, 0.4) is 0 Å². The minimum Gasteiger partial charge on any atom is -0.352 e. The Labute approximate surface area is 179 Å². The van der Waals surface area contributed by atoms with Crippen molar-refractivity contribution in [3.05, 3.63) is 60.2 Å². The summed E-state index contributed by atoms with van der Waals surface area (Å²) in [6.07, 6.45) is 3.44. The molecule has 0 bridgehead atoms. The van der Waals surface area contributed by atoms with Crippen LogP contribution < -0.4 is 9.62 Å². The van der Waals surface area contributed by atoms with E-state index in [0.717, 1.165) is 32.0 Å². The lowest BCUT2D eigenvalue weighted by molar-refractivity contribution is 0.0950. The summed E-state index contributed by atoms with van der Waals surface area (Å²) < 4.78 is 26.7. The summed E-state index contributed by atoms with van der Waals surface area (Å²) in [4.78, 5) is 15.1.